The van der Waals surface area contributed by atoms with Gasteiger partial charge >= 0.3 is 11.9 Å². The minimum absolute atomic E-state index is 0.0530. The number of carboxylic acid groups (broad SMARTS) is 2. The van der Waals surface area contributed by atoms with Gasteiger partial charge in [-0.1, -0.05) is 24.3 Å². The minimum Gasteiger partial charge on any atom is -0.480 e. The number of amides is 2. The molecule has 0 unspecified atom stereocenters. The SMILES string of the molecule is Nc1nc(N)c2c(CCCc3ccc(C(=O)N[C@@H](CCCCNC(=O)c4ccccc4C(=O)O)C(=O)O)cc3)c[nH]c2n1. The predicted octanol–water partition coefficient (Wildman–Crippen LogP) is 2.78. The molecule has 13 nitrogen and oxygen atoms in total. The number of aromatic amines is 1. The highest BCUT2D eigenvalue weighted by Gasteiger charge is 2.21. The number of benzene rings is 2. The van der Waals surface area contributed by atoms with Gasteiger partial charge in [-0.25, -0.2) is 9.59 Å². The summed E-state index contributed by atoms with van der Waals surface area (Å²) < 4.78 is 0. The number of carbonyl (C=O) groups is 4. The average Bonchev–Trinajstić information content (AvgIpc) is 3.39. The van der Waals surface area contributed by atoms with Crippen molar-refractivity contribution < 1.29 is 29.4 Å². The summed E-state index contributed by atoms with van der Waals surface area (Å²) in [6, 6.07) is 11.8. The second kappa shape index (κ2) is 13.9. The van der Waals surface area contributed by atoms with Gasteiger partial charge in [-0.2, -0.15) is 9.97 Å². The lowest BCUT2D eigenvalue weighted by Crippen LogP contribution is -2.40. The van der Waals surface area contributed by atoms with E-state index in [2.05, 4.69) is 25.6 Å². The van der Waals surface area contributed by atoms with E-state index < -0.39 is 29.8 Å². The molecular weight excluding hydrogens is 554 g/mol. The smallest absolute Gasteiger partial charge is 0.336 e. The van der Waals surface area contributed by atoms with Gasteiger partial charge in [0.05, 0.1) is 16.5 Å². The molecule has 0 fully saturated rings. The Bertz CT molecular complexity index is 1630. The number of nitrogen functional groups attached to an aromatic ring is 2. The second-order valence-corrected chi connectivity index (χ2v) is 10.0. The Kier molecular flexibility index (Phi) is 9.89. The van der Waals surface area contributed by atoms with Crippen LogP contribution < -0.4 is 22.1 Å². The Hall–Kier alpha value is -5.46. The van der Waals surface area contributed by atoms with E-state index in [1.54, 1.807) is 18.2 Å². The number of aromatic nitrogens is 3. The molecule has 0 aliphatic heterocycles. The first-order valence-corrected chi connectivity index (χ1v) is 13.8. The molecule has 224 valence electrons. The first kappa shape index (κ1) is 30.5. The Morgan fingerprint density at radius 2 is 1.58 bits per heavy atom. The highest BCUT2D eigenvalue weighted by atomic mass is 16.4. The fourth-order valence-electron chi connectivity index (χ4n) is 4.78. The van der Waals surface area contributed by atoms with Crippen LogP contribution in [0.4, 0.5) is 11.8 Å². The average molecular weight is 588 g/mol. The lowest BCUT2D eigenvalue weighted by molar-refractivity contribution is -0.139. The maximum Gasteiger partial charge on any atom is 0.336 e. The van der Waals surface area contributed by atoms with Gasteiger partial charge in [0.1, 0.15) is 17.5 Å². The Morgan fingerprint density at radius 1 is 0.860 bits per heavy atom. The quantitative estimate of drug-likeness (QED) is 0.107. The molecule has 0 aliphatic rings. The summed E-state index contributed by atoms with van der Waals surface area (Å²) in [6.45, 7) is 0.227. The molecule has 0 saturated heterocycles. The van der Waals surface area contributed by atoms with Crippen LogP contribution in [0.15, 0.2) is 54.7 Å². The van der Waals surface area contributed by atoms with Gasteiger partial charge in [-0.3, -0.25) is 9.59 Å². The third-order valence-corrected chi connectivity index (χ3v) is 7.00. The van der Waals surface area contributed by atoms with Crippen molar-refractivity contribution in [1.82, 2.24) is 25.6 Å². The van der Waals surface area contributed by atoms with Gasteiger partial charge < -0.3 is 37.3 Å². The van der Waals surface area contributed by atoms with Crippen LogP contribution in [-0.2, 0) is 17.6 Å². The van der Waals surface area contributed by atoms with Crippen molar-refractivity contribution in [2.24, 2.45) is 0 Å². The van der Waals surface area contributed by atoms with Gasteiger partial charge in [0, 0.05) is 18.3 Å². The fourth-order valence-corrected chi connectivity index (χ4v) is 4.78. The molecule has 2 aromatic carbocycles. The number of unbranched alkanes of at least 4 members (excludes halogenated alkanes) is 1. The molecule has 0 saturated carbocycles. The summed E-state index contributed by atoms with van der Waals surface area (Å²) in [4.78, 5) is 59.4. The van der Waals surface area contributed by atoms with Crippen molar-refractivity contribution in [3.8, 4) is 0 Å². The molecule has 9 N–H and O–H groups in total. The normalized spacial score (nSPS) is 11.6. The van der Waals surface area contributed by atoms with E-state index in [-0.39, 0.29) is 30.0 Å². The van der Waals surface area contributed by atoms with Crippen molar-refractivity contribution in [2.75, 3.05) is 18.0 Å². The zero-order chi connectivity index (χ0) is 30.9. The van der Waals surface area contributed by atoms with Crippen LogP contribution in [0.25, 0.3) is 11.0 Å². The third kappa shape index (κ3) is 7.85. The van der Waals surface area contributed by atoms with Crippen LogP contribution in [0.2, 0.25) is 0 Å². The first-order valence-electron chi connectivity index (χ1n) is 13.8. The Morgan fingerprint density at radius 3 is 2.28 bits per heavy atom. The van der Waals surface area contributed by atoms with Crippen molar-refractivity contribution in [3.05, 3.63) is 82.5 Å². The predicted molar refractivity (Wildman–Crippen MR) is 160 cm³/mol. The molecule has 2 aromatic heterocycles. The van der Waals surface area contributed by atoms with Crippen molar-refractivity contribution in [3.63, 3.8) is 0 Å². The molecule has 2 heterocycles. The van der Waals surface area contributed by atoms with E-state index >= 15 is 0 Å². The van der Waals surface area contributed by atoms with E-state index in [1.165, 1.54) is 18.2 Å². The largest absolute Gasteiger partial charge is 0.480 e. The van der Waals surface area contributed by atoms with Gasteiger partial charge in [0.15, 0.2) is 0 Å². The minimum atomic E-state index is -1.20. The number of carbonyl (C=O) groups excluding carboxylic acids is 2. The lowest BCUT2D eigenvalue weighted by atomic mass is 10.0. The van der Waals surface area contributed by atoms with Crippen molar-refractivity contribution >= 4 is 46.6 Å². The van der Waals surface area contributed by atoms with E-state index in [9.17, 15) is 29.4 Å². The van der Waals surface area contributed by atoms with Crippen LogP contribution >= 0.6 is 0 Å². The summed E-state index contributed by atoms with van der Waals surface area (Å²) in [5.74, 6) is -2.93. The number of aliphatic carboxylic acids is 1. The number of carboxylic acids is 2. The molecule has 0 bridgehead atoms. The van der Waals surface area contributed by atoms with Crippen molar-refractivity contribution in [1.29, 1.82) is 0 Å². The molecule has 0 aliphatic carbocycles. The molecule has 0 radical (unpaired) electrons. The Labute approximate surface area is 246 Å². The number of nitrogens with one attached hydrogen (secondary N) is 3. The summed E-state index contributed by atoms with van der Waals surface area (Å²) in [7, 11) is 0. The molecule has 1 atom stereocenters. The zero-order valence-electron chi connectivity index (χ0n) is 23.3. The standard InChI is InChI=1S/C30H33N7O6/c31-24-23-19(16-34-25(23)37-30(32)36-24)7-5-6-17-11-13-18(14-12-17)26(38)35-22(29(42)43)10-3-4-15-33-27(39)20-8-1-2-9-21(20)28(40)41/h1-2,8-9,11-14,16,22H,3-7,10,15H2,(H,33,39)(H,35,38)(H,40,41)(H,42,43)(H5,31,32,34,36,37)/t22-/m0/s1. The van der Waals surface area contributed by atoms with Crippen LogP contribution in [0, 0.1) is 0 Å². The van der Waals surface area contributed by atoms with Crippen LogP contribution in [0.1, 0.15) is 67.9 Å². The second-order valence-electron chi connectivity index (χ2n) is 10.0. The third-order valence-electron chi connectivity index (χ3n) is 7.00. The summed E-state index contributed by atoms with van der Waals surface area (Å²) in [5.41, 5.74) is 14.6. The summed E-state index contributed by atoms with van der Waals surface area (Å²) >= 11 is 0. The zero-order valence-corrected chi connectivity index (χ0v) is 23.3. The number of H-pyrrole nitrogens is 1. The molecule has 43 heavy (non-hydrogen) atoms. The number of aryl methyl sites for hydroxylation is 2. The monoisotopic (exact) mass is 587 g/mol. The number of fused-ring (bicyclic) bond motifs is 1. The summed E-state index contributed by atoms with van der Waals surface area (Å²) in [6.07, 6.45) is 5.17. The highest BCUT2D eigenvalue weighted by molar-refractivity contribution is 6.04. The molecule has 2 amide bonds. The van der Waals surface area contributed by atoms with E-state index in [0.29, 0.717) is 29.9 Å². The number of anilines is 2. The highest BCUT2D eigenvalue weighted by Crippen LogP contribution is 2.24. The number of hydrogen-bond donors (Lipinski definition) is 7. The molecule has 4 aromatic rings. The number of rotatable bonds is 14. The molecule has 13 heteroatoms. The van der Waals surface area contributed by atoms with Gasteiger partial charge in [-0.15, -0.1) is 0 Å². The fraction of sp³-hybridized carbons (Fsp3) is 0.267. The van der Waals surface area contributed by atoms with Crippen LogP contribution in [0.3, 0.4) is 0 Å². The Balaban J connectivity index is 1.21. The number of hydrogen-bond acceptors (Lipinski definition) is 8. The van der Waals surface area contributed by atoms with Gasteiger partial charge in [0.25, 0.3) is 11.8 Å². The number of nitrogens with zero attached hydrogens (tertiary/aromatic N) is 2. The topological polar surface area (TPSA) is 226 Å². The molecule has 0 spiro atoms. The summed E-state index contributed by atoms with van der Waals surface area (Å²) in [5, 5.41) is 24.8. The van der Waals surface area contributed by atoms with Gasteiger partial charge in [-0.05, 0) is 73.9 Å². The molecule has 4 rings (SSSR count). The number of nitrogens with two attached hydrogens (primary N) is 2. The maximum atomic E-state index is 12.7. The van der Waals surface area contributed by atoms with E-state index in [1.807, 2.05) is 18.3 Å². The molecular formula is C30H33N7O6. The van der Waals surface area contributed by atoms with E-state index in [0.717, 1.165) is 35.8 Å². The van der Waals surface area contributed by atoms with Crippen molar-refractivity contribution in [2.45, 2.75) is 44.6 Å². The van der Waals surface area contributed by atoms with Gasteiger partial charge in [0.2, 0.25) is 5.95 Å². The maximum absolute atomic E-state index is 12.7. The lowest BCUT2D eigenvalue weighted by Gasteiger charge is -2.15. The van der Waals surface area contributed by atoms with E-state index in [4.69, 9.17) is 11.5 Å². The first-order chi connectivity index (χ1) is 20.6. The number of aromatic carboxylic acids is 1. The van der Waals surface area contributed by atoms with Crippen LogP contribution in [-0.4, -0.2) is 61.5 Å². The van der Waals surface area contributed by atoms with Crippen LogP contribution in [0.5, 0.6) is 0 Å².